The second-order valence-electron chi connectivity index (χ2n) is 4.17. The van der Waals surface area contributed by atoms with Crippen LogP contribution in [-0.4, -0.2) is 23.2 Å². The van der Waals surface area contributed by atoms with Crippen molar-refractivity contribution < 1.29 is 5.11 Å². The lowest BCUT2D eigenvalue weighted by atomic mass is 10.1. The molecule has 0 aliphatic carbocycles. The van der Waals surface area contributed by atoms with Crippen molar-refractivity contribution >= 4 is 16.5 Å². The van der Waals surface area contributed by atoms with Gasteiger partial charge in [-0.1, -0.05) is 24.7 Å². The van der Waals surface area contributed by atoms with Gasteiger partial charge in [-0.25, -0.2) is 4.98 Å². The Morgan fingerprint density at radius 1 is 1.60 bits per heavy atom. The van der Waals surface area contributed by atoms with E-state index in [-0.39, 0.29) is 6.61 Å². The number of aliphatic hydroxyl groups is 1. The van der Waals surface area contributed by atoms with E-state index < -0.39 is 0 Å². The van der Waals surface area contributed by atoms with Gasteiger partial charge in [-0.3, -0.25) is 0 Å². The fourth-order valence-electron chi connectivity index (χ4n) is 2.03. The normalized spacial score (nSPS) is 21.3. The van der Waals surface area contributed by atoms with Gasteiger partial charge in [0.05, 0.1) is 17.2 Å². The highest BCUT2D eigenvalue weighted by atomic mass is 32.1. The van der Waals surface area contributed by atoms with Crippen LogP contribution in [-0.2, 0) is 6.61 Å². The molecule has 1 aromatic rings. The molecule has 1 unspecified atom stereocenters. The van der Waals surface area contributed by atoms with Crippen molar-refractivity contribution in [2.75, 3.05) is 18.0 Å². The van der Waals surface area contributed by atoms with Crippen LogP contribution in [0, 0.1) is 12.8 Å². The van der Waals surface area contributed by atoms with E-state index in [1.807, 2.05) is 6.92 Å². The van der Waals surface area contributed by atoms with Crippen LogP contribution in [0.15, 0.2) is 0 Å². The maximum atomic E-state index is 9.12. The molecule has 1 aliphatic rings. The maximum absolute atomic E-state index is 9.12. The van der Waals surface area contributed by atoms with E-state index in [1.165, 1.54) is 12.8 Å². The highest BCUT2D eigenvalue weighted by molar-refractivity contribution is 7.15. The molecule has 84 valence electrons. The number of thiazole rings is 1. The number of hydrogen-bond acceptors (Lipinski definition) is 4. The monoisotopic (exact) mass is 226 g/mol. The van der Waals surface area contributed by atoms with Crippen molar-refractivity contribution in [1.29, 1.82) is 0 Å². The number of nitrogens with zero attached hydrogens (tertiary/aromatic N) is 2. The minimum Gasteiger partial charge on any atom is -0.391 e. The summed E-state index contributed by atoms with van der Waals surface area (Å²) in [4.78, 5) is 7.87. The quantitative estimate of drug-likeness (QED) is 0.858. The molecule has 0 amide bonds. The Morgan fingerprint density at radius 2 is 2.40 bits per heavy atom. The number of rotatable bonds is 3. The molecule has 1 atom stereocenters. The van der Waals surface area contributed by atoms with Crippen molar-refractivity contribution in [3.63, 3.8) is 0 Å². The third-order valence-corrected chi connectivity index (χ3v) is 4.36. The minimum atomic E-state index is 0.120. The standard InChI is InChI=1S/C11H18N2OS/c1-3-9-4-5-13(6-9)11-12-8(2)10(7-14)15-11/h9,14H,3-7H2,1-2H3. The summed E-state index contributed by atoms with van der Waals surface area (Å²) >= 11 is 1.63. The lowest BCUT2D eigenvalue weighted by Gasteiger charge is -2.13. The van der Waals surface area contributed by atoms with Gasteiger partial charge in [0, 0.05) is 13.1 Å². The summed E-state index contributed by atoms with van der Waals surface area (Å²) in [5.74, 6) is 0.826. The molecule has 1 fully saturated rings. The molecule has 1 saturated heterocycles. The SMILES string of the molecule is CCC1CCN(c2nc(C)c(CO)s2)C1. The Bertz CT molecular complexity index is 337. The Hall–Kier alpha value is -0.610. The first-order valence-electron chi connectivity index (χ1n) is 5.56. The van der Waals surface area contributed by atoms with E-state index in [2.05, 4.69) is 16.8 Å². The van der Waals surface area contributed by atoms with Crippen molar-refractivity contribution in [3.05, 3.63) is 10.6 Å². The first-order valence-corrected chi connectivity index (χ1v) is 6.38. The lowest BCUT2D eigenvalue weighted by molar-refractivity contribution is 0.284. The van der Waals surface area contributed by atoms with Crippen LogP contribution in [0.2, 0.25) is 0 Å². The first kappa shape index (κ1) is 10.9. The summed E-state index contributed by atoms with van der Waals surface area (Å²) in [6.45, 7) is 6.60. The molecule has 0 bridgehead atoms. The predicted molar refractivity (Wildman–Crippen MR) is 63.4 cm³/mol. The van der Waals surface area contributed by atoms with Crippen LogP contribution in [0.5, 0.6) is 0 Å². The van der Waals surface area contributed by atoms with Crippen molar-refractivity contribution in [2.24, 2.45) is 5.92 Å². The van der Waals surface area contributed by atoms with Crippen LogP contribution < -0.4 is 4.90 Å². The second kappa shape index (κ2) is 4.49. The number of aromatic nitrogens is 1. The zero-order valence-electron chi connectivity index (χ0n) is 9.36. The molecule has 4 heteroatoms. The number of aryl methyl sites for hydroxylation is 1. The van der Waals surface area contributed by atoms with E-state index in [4.69, 9.17) is 5.11 Å². The molecule has 2 rings (SSSR count). The summed E-state index contributed by atoms with van der Waals surface area (Å²) in [7, 11) is 0. The first-order chi connectivity index (χ1) is 7.24. The summed E-state index contributed by atoms with van der Waals surface area (Å²) in [5.41, 5.74) is 0.984. The molecular weight excluding hydrogens is 208 g/mol. The van der Waals surface area contributed by atoms with Crippen LogP contribution in [0.25, 0.3) is 0 Å². The van der Waals surface area contributed by atoms with Gasteiger partial charge in [0.25, 0.3) is 0 Å². The van der Waals surface area contributed by atoms with Crippen molar-refractivity contribution in [1.82, 2.24) is 4.98 Å². The van der Waals surface area contributed by atoms with Crippen LogP contribution in [0.1, 0.15) is 30.3 Å². The summed E-state index contributed by atoms with van der Waals surface area (Å²) in [6, 6.07) is 0. The van der Waals surface area contributed by atoms with Gasteiger partial charge in [0.15, 0.2) is 5.13 Å². The topological polar surface area (TPSA) is 36.4 Å². The van der Waals surface area contributed by atoms with E-state index >= 15 is 0 Å². The van der Waals surface area contributed by atoms with Crippen LogP contribution in [0.4, 0.5) is 5.13 Å². The summed E-state index contributed by atoms with van der Waals surface area (Å²) < 4.78 is 0. The zero-order valence-corrected chi connectivity index (χ0v) is 10.2. The molecule has 15 heavy (non-hydrogen) atoms. The van der Waals surface area contributed by atoms with E-state index in [0.29, 0.717) is 0 Å². The average Bonchev–Trinajstić information content (AvgIpc) is 2.83. The minimum absolute atomic E-state index is 0.120. The zero-order chi connectivity index (χ0) is 10.8. The maximum Gasteiger partial charge on any atom is 0.185 e. The largest absolute Gasteiger partial charge is 0.391 e. The highest BCUT2D eigenvalue weighted by Gasteiger charge is 2.23. The van der Waals surface area contributed by atoms with E-state index in [9.17, 15) is 0 Å². The summed E-state index contributed by atoms with van der Waals surface area (Å²) in [6.07, 6.45) is 2.54. The Morgan fingerprint density at radius 3 is 2.93 bits per heavy atom. The molecule has 3 nitrogen and oxygen atoms in total. The van der Waals surface area contributed by atoms with Gasteiger partial charge in [-0.2, -0.15) is 0 Å². The average molecular weight is 226 g/mol. The van der Waals surface area contributed by atoms with Gasteiger partial charge < -0.3 is 10.0 Å². The molecule has 1 N–H and O–H groups in total. The van der Waals surface area contributed by atoms with Crippen LogP contribution >= 0.6 is 11.3 Å². The highest BCUT2D eigenvalue weighted by Crippen LogP contribution is 2.30. The third-order valence-electron chi connectivity index (χ3n) is 3.16. The molecule has 0 spiro atoms. The summed E-state index contributed by atoms with van der Waals surface area (Å²) in [5, 5.41) is 10.2. The molecule has 0 saturated carbocycles. The molecule has 0 radical (unpaired) electrons. The smallest absolute Gasteiger partial charge is 0.185 e. The third kappa shape index (κ3) is 2.16. The Kier molecular flexibility index (Phi) is 3.26. The number of hydrogen-bond donors (Lipinski definition) is 1. The van der Waals surface area contributed by atoms with Gasteiger partial charge in [0.1, 0.15) is 0 Å². The number of aliphatic hydroxyl groups excluding tert-OH is 1. The molecule has 1 aliphatic heterocycles. The van der Waals surface area contributed by atoms with Gasteiger partial charge in [-0.15, -0.1) is 0 Å². The van der Waals surface area contributed by atoms with Crippen LogP contribution in [0.3, 0.4) is 0 Å². The number of anilines is 1. The van der Waals surface area contributed by atoms with Gasteiger partial charge in [-0.05, 0) is 19.3 Å². The predicted octanol–water partition coefficient (Wildman–Crippen LogP) is 2.18. The Balaban J connectivity index is 2.10. The molecule has 0 aromatic carbocycles. The Labute approximate surface area is 94.8 Å². The van der Waals surface area contributed by atoms with Gasteiger partial charge in [0.2, 0.25) is 0 Å². The van der Waals surface area contributed by atoms with Crippen molar-refractivity contribution in [3.8, 4) is 0 Å². The van der Waals surface area contributed by atoms with E-state index in [1.54, 1.807) is 11.3 Å². The van der Waals surface area contributed by atoms with Crippen molar-refractivity contribution in [2.45, 2.75) is 33.3 Å². The molecule has 1 aromatic heterocycles. The molecular formula is C11H18N2OS. The lowest BCUT2D eigenvalue weighted by Crippen LogP contribution is -2.19. The van der Waals surface area contributed by atoms with E-state index in [0.717, 1.165) is 34.7 Å². The fourth-order valence-corrected chi connectivity index (χ4v) is 2.99. The molecule has 2 heterocycles. The fraction of sp³-hybridized carbons (Fsp3) is 0.727. The van der Waals surface area contributed by atoms with Gasteiger partial charge >= 0.3 is 0 Å². The second-order valence-corrected chi connectivity index (χ2v) is 5.23.